The van der Waals surface area contributed by atoms with Crippen molar-refractivity contribution in [1.29, 1.82) is 0 Å². The van der Waals surface area contributed by atoms with Gasteiger partial charge in [0.2, 0.25) is 0 Å². The average molecular weight is 519 g/mol. The van der Waals surface area contributed by atoms with Gasteiger partial charge in [-0.3, -0.25) is 0 Å². The summed E-state index contributed by atoms with van der Waals surface area (Å²) in [6.07, 6.45) is -0.0476. The first-order valence-electron chi connectivity index (χ1n) is 11.0. The Morgan fingerprint density at radius 2 is 1.78 bits per heavy atom. The van der Waals surface area contributed by atoms with E-state index in [-0.39, 0.29) is 11.1 Å². The van der Waals surface area contributed by atoms with E-state index in [0.29, 0.717) is 16.7 Å². The van der Waals surface area contributed by atoms with Crippen molar-refractivity contribution in [2.24, 2.45) is 0 Å². The number of hydrogen-bond acceptors (Lipinski definition) is 9. The lowest BCUT2D eigenvalue weighted by Gasteiger charge is -2.38. The van der Waals surface area contributed by atoms with E-state index < -0.39 is 43.6 Å². The number of benzene rings is 1. The molecule has 0 aliphatic heterocycles. The minimum absolute atomic E-state index is 0.0634. The number of nitrogens with one attached hydrogen (secondary N) is 1. The number of carbonyl (C=O) groups excluding carboxylic acids is 1. The third-order valence-corrected chi connectivity index (χ3v) is 6.96. The lowest BCUT2D eigenvalue weighted by Crippen LogP contribution is -2.47. The van der Waals surface area contributed by atoms with Crippen molar-refractivity contribution in [3.8, 4) is 0 Å². The summed E-state index contributed by atoms with van der Waals surface area (Å²) in [6.45, 7) is 1.26. The van der Waals surface area contributed by atoms with Gasteiger partial charge in [-0.15, -0.1) is 0 Å². The van der Waals surface area contributed by atoms with Crippen LogP contribution < -0.4 is 11.1 Å². The van der Waals surface area contributed by atoms with Crippen LogP contribution in [0.2, 0.25) is 0 Å². The van der Waals surface area contributed by atoms with E-state index in [4.69, 9.17) is 15.6 Å². The van der Waals surface area contributed by atoms with Gasteiger partial charge in [0.25, 0.3) is 0 Å². The number of halogens is 1. The fourth-order valence-corrected chi connectivity index (χ4v) is 4.51. The normalized spacial score (nSPS) is 19.7. The molecule has 9 nitrogen and oxygen atoms in total. The summed E-state index contributed by atoms with van der Waals surface area (Å²) in [4.78, 5) is 12.5. The minimum atomic E-state index is -1.80. The van der Waals surface area contributed by atoms with Gasteiger partial charge in [0, 0.05) is 16.6 Å². The zero-order chi connectivity index (χ0) is 23.9. The van der Waals surface area contributed by atoms with Crippen LogP contribution in [0.3, 0.4) is 0 Å². The topological polar surface area (TPSA) is 166 Å². The van der Waals surface area contributed by atoms with E-state index in [9.17, 15) is 25.2 Å². The fourth-order valence-electron chi connectivity index (χ4n) is 4.01. The number of nitrogen functional groups attached to an aromatic ring is 1. The Hall–Kier alpha value is -1.27. The molecule has 0 spiro atoms. The number of aliphatic hydroxyl groups excluding tert-OH is 5. The zero-order valence-electron chi connectivity index (χ0n) is 18.3. The van der Waals surface area contributed by atoms with Gasteiger partial charge in [0.1, 0.15) is 31.0 Å². The van der Waals surface area contributed by atoms with Crippen molar-refractivity contribution in [3.63, 3.8) is 0 Å². The number of esters is 1. The number of anilines is 1. The highest BCUT2D eigenvalue weighted by molar-refractivity contribution is 9.10. The Kier molecular flexibility index (Phi) is 10.3. The molecular weight excluding hydrogens is 484 g/mol. The van der Waals surface area contributed by atoms with Crippen LogP contribution in [0.15, 0.2) is 16.6 Å². The molecule has 0 radical (unpaired) electrons. The van der Waals surface area contributed by atoms with Gasteiger partial charge in [-0.1, -0.05) is 26.2 Å². The molecule has 0 unspecified atom stereocenters. The minimum Gasteiger partial charge on any atom is -0.459 e. The van der Waals surface area contributed by atoms with Crippen molar-refractivity contribution in [3.05, 3.63) is 27.7 Å². The predicted octanol–water partition coefficient (Wildman–Crippen LogP) is 0.826. The van der Waals surface area contributed by atoms with Crippen LogP contribution in [0.5, 0.6) is 0 Å². The Morgan fingerprint density at radius 1 is 1.16 bits per heavy atom. The van der Waals surface area contributed by atoms with Gasteiger partial charge in [-0.25, -0.2) is 4.79 Å². The third-order valence-electron chi connectivity index (χ3n) is 6.30. The fraction of sp³-hybridized carbons (Fsp3) is 0.682. The molecule has 1 fully saturated rings. The largest absolute Gasteiger partial charge is 0.459 e. The molecule has 2 rings (SSSR count). The summed E-state index contributed by atoms with van der Waals surface area (Å²) in [5.41, 5.74) is 7.75. The van der Waals surface area contributed by atoms with Gasteiger partial charge in [-0.05, 0) is 52.9 Å². The first kappa shape index (κ1) is 27.0. The second-order valence-corrected chi connectivity index (χ2v) is 9.33. The molecular formula is C22H35BrN2O7. The molecule has 32 heavy (non-hydrogen) atoms. The van der Waals surface area contributed by atoms with Gasteiger partial charge in [-0.2, -0.15) is 0 Å². The lowest BCUT2D eigenvalue weighted by atomic mass is 9.79. The number of ether oxygens (including phenoxy) is 1. The molecule has 0 aromatic heterocycles. The standard InChI is InChI=1S/C22H35BrN2O7/c1-2-22(6-4-3-5-7-22)25-10-14-8-13(9-15(23)18(14)24)21(31)32-12-17(28)20(30)19(29)16(27)11-26/h8-9,16-17,19-20,25-30H,2-7,10-12,24H2,1H3/t16-,17-,19-,20-/m1/s1. The van der Waals surface area contributed by atoms with Crippen molar-refractivity contribution in [2.75, 3.05) is 18.9 Å². The molecule has 1 aliphatic carbocycles. The van der Waals surface area contributed by atoms with Gasteiger partial charge >= 0.3 is 5.97 Å². The van der Waals surface area contributed by atoms with Crippen LogP contribution in [-0.2, 0) is 11.3 Å². The predicted molar refractivity (Wildman–Crippen MR) is 123 cm³/mol. The molecule has 1 saturated carbocycles. The van der Waals surface area contributed by atoms with E-state index in [1.54, 1.807) is 6.07 Å². The molecule has 8 N–H and O–H groups in total. The van der Waals surface area contributed by atoms with E-state index in [0.717, 1.165) is 24.8 Å². The quantitative estimate of drug-likeness (QED) is 0.166. The molecule has 0 saturated heterocycles. The van der Waals surface area contributed by atoms with E-state index in [1.165, 1.54) is 25.3 Å². The highest BCUT2D eigenvalue weighted by Gasteiger charge is 2.31. The van der Waals surface area contributed by atoms with Gasteiger partial charge in [0.15, 0.2) is 0 Å². The summed E-state index contributed by atoms with van der Waals surface area (Å²) in [5, 5.41) is 51.3. The Labute approximate surface area is 196 Å². The summed E-state index contributed by atoms with van der Waals surface area (Å²) < 4.78 is 5.62. The second kappa shape index (κ2) is 12.3. The Bertz CT molecular complexity index is 758. The summed E-state index contributed by atoms with van der Waals surface area (Å²) in [7, 11) is 0. The molecule has 0 heterocycles. The molecule has 1 aliphatic rings. The Balaban J connectivity index is 2.03. The first-order valence-corrected chi connectivity index (χ1v) is 11.8. The number of aliphatic hydroxyl groups is 5. The second-order valence-electron chi connectivity index (χ2n) is 8.48. The maximum Gasteiger partial charge on any atom is 0.338 e. The monoisotopic (exact) mass is 518 g/mol. The maximum atomic E-state index is 12.5. The van der Waals surface area contributed by atoms with Crippen LogP contribution in [0, 0.1) is 0 Å². The first-order chi connectivity index (χ1) is 15.1. The molecule has 0 bridgehead atoms. The smallest absolute Gasteiger partial charge is 0.338 e. The molecule has 4 atom stereocenters. The van der Waals surface area contributed by atoms with Crippen LogP contribution in [0.25, 0.3) is 0 Å². The molecule has 1 aromatic carbocycles. The number of rotatable bonds is 11. The number of hydrogen-bond donors (Lipinski definition) is 7. The number of nitrogens with two attached hydrogens (primary N) is 1. The summed E-state index contributed by atoms with van der Waals surface area (Å²) in [5.74, 6) is -0.738. The molecule has 1 aromatic rings. The van der Waals surface area contributed by atoms with Crippen molar-refractivity contribution >= 4 is 27.6 Å². The highest BCUT2D eigenvalue weighted by Crippen LogP contribution is 2.32. The van der Waals surface area contributed by atoms with Gasteiger partial charge in [0.05, 0.1) is 17.9 Å². The van der Waals surface area contributed by atoms with E-state index >= 15 is 0 Å². The lowest BCUT2D eigenvalue weighted by molar-refractivity contribution is -0.124. The van der Waals surface area contributed by atoms with Crippen molar-refractivity contribution < 1.29 is 35.1 Å². The molecule has 0 amide bonds. The zero-order valence-corrected chi connectivity index (χ0v) is 19.9. The number of carbonyl (C=O) groups is 1. The third kappa shape index (κ3) is 6.86. The van der Waals surface area contributed by atoms with Crippen molar-refractivity contribution in [1.82, 2.24) is 5.32 Å². The summed E-state index contributed by atoms with van der Waals surface area (Å²) in [6, 6.07) is 3.15. The molecule has 10 heteroatoms. The Morgan fingerprint density at radius 3 is 2.38 bits per heavy atom. The van der Waals surface area contributed by atoms with E-state index in [2.05, 4.69) is 28.2 Å². The van der Waals surface area contributed by atoms with Crippen LogP contribution in [0.4, 0.5) is 5.69 Å². The summed E-state index contributed by atoms with van der Waals surface area (Å²) >= 11 is 3.37. The van der Waals surface area contributed by atoms with Crippen molar-refractivity contribution in [2.45, 2.75) is 81.9 Å². The van der Waals surface area contributed by atoms with Crippen LogP contribution in [-0.4, -0.2) is 74.7 Å². The SMILES string of the molecule is CCC1(NCc2cc(C(=O)OC[C@@H](O)[C@@H](O)[C@H](O)[C@H](O)CO)cc(Br)c2N)CCCCC1. The van der Waals surface area contributed by atoms with E-state index in [1.807, 2.05) is 0 Å². The van der Waals surface area contributed by atoms with Crippen LogP contribution >= 0.6 is 15.9 Å². The van der Waals surface area contributed by atoms with Gasteiger partial charge < -0.3 is 41.3 Å². The molecule has 182 valence electrons. The van der Waals surface area contributed by atoms with Crippen LogP contribution in [0.1, 0.15) is 61.4 Å². The maximum absolute atomic E-state index is 12.5. The highest BCUT2D eigenvalue weighted by atomic mass is 79.9. The average Bonchev–Trinajstić information content (AvgIpc) is 2.82.